The number of methoxy groups -OCH3 is 1. The molecule has 0 spiro atoms. The Morgan fingerprint density at radius 3 is 2.74 bits per heavy atom. The molecule has 0 aliphatic carbocycles. The van der Waals surface area contributed by atoms with Crippen molar-refractivity contribution in [3.8, 4) is 11.5 Å². The first-order valence-electron chi connectivity index (χ1n) is 9.34. The van der Waals surface area contributed by atoms with Gasteiger partial charge < -0.3 is 14.4 Å². The molecule has 0 amide bonds. The second-order valence-electron chi connectivity index (χ2n) is 7.18. The Morgan fingerprint density at radius 2 is 2.04 bits per heavy atom. The van der Waals surface area contributed by atoms with Crippen molar-refractivity contribution in [1.82, 2.24) is 9.88 Å². The Morgan fingerprint density at radius 1 is 1.19 bits per heavy atom. The summed E-state index contributed by atoms with van der Waals surface area (Å²) in [4.78, 5) is 12.1. The van der Waals surface area contributed by atoms with Gasteiger partial charge in [0.05, 0.1) is 24.9 Å². The lowest BCUT2D eigenvalue weighted by molar-refractivity contribution is 0.218. The monoisotopic (exact) mass is 383 g/mol. The third-order valence-corrected chi connectivity index (χ3v) is 5.88. The van der Waals surface area contributed by atoms with Gasteiger partial charge in [-0.15, -0.1) is 0 Å². The molecule has 5 nitrogen and oxygen atoms in total. The average Bonchev–Trinajstić information content (AvgIpc) is 3.18. The van der Waals surface area contributed by atoms with Crippen LogP contribution < -0.4 is 9.47 Å². The van der Waals surface area contributed by atoms with Crippen LogP contribution in [0.3, 0.4) is 0 Å². The van der Waals surface area contributed by atoms with Crippen molar-refractivity contribution in [3.63, 3.8) is 0 Å². The summed E-state index contributed by atoms with van der Waals surface area (Å²) >= 11 is 1.84. The van der Waals surface area contributed by atoms with E-state index < -0.39 is 0 Å². The molecule has 6 heteroatoms. The molecule has 4 rings (SSSR count). The van der Waals surface area contributed by atoms with E-state index in [-0.39, 0.29) is 18.2 Å². The molecule has 1 fully saturated rings. The summed E-state index contributed by atoms with van der Waals surface area (Å²) in [5.41, 5.74) is 2.09. The molecule has 1 aromatic carbocycles. The van der Waals surface area contributed by atoms with Crippen molar-refractivity contribution in [2.45, 2.75) is 44.2 Å². The Bertz CT molecular complexity index is 841. The normalized spacial score (nSPS) is 24.1. The van der Waals surface area contributed by atoms with Crippen molar-refractivity contribution in [1.29, 1.82) is 0 Å². The Kier molecular flexibility index (Phi) is 5.00. The number of hydrogen-bond donors (Lipinski definition) is 0. The van der Waals surface area contributed by atoms with Crippen LogP contribution in [0, 0.1) is 0 Å². The van der Waals surface area contributed by atoms with E-state index in [0.29, 0.717) is 5.25 Å². The van der Waals surface area contributed by atoms with Gasteiger partial charge in [0.15, 0.2) is 16.7 Å². The predicted octanol–water partition coefficient (Wildman–Crippen LogP) is 4.47. The third kappa shape index (κ3) is 3.38. The highest BCUT2D eigenvalue weighted by Crippen LogP contribution is 2.51. The highest BCUT2D eigenvalue weighted by molar-refractivity contribution is 8.14. The molecule has 142 valence electrons. The number of para-hydroxylation sites is 1. The second kappa shape index (κ2) is 7.43. The summed E-state index contributed by atoms with van der Waals surface area (Å²) in [6.45, 7) is 7.29. The SMILES string of the molecule is COc1cccc([C@@H]2[C@@H](c3ccccn3)N=C3S[C@@H](C)CN32)c1OC(C)C. The number of fused-ring (bicyclic) bond motifs is 1. The lowest BCUT2D eigenvalue weighted by atomic mass is 9.95. The van der Waals surface area contributed by atoms with Gasteiger partial charge >= 0.3 is 0 Å². The number of amidine groups is 1. The minimum Gasteiger partial charge on any atom is -0.493 e. The Hall–Kier alpha value is -2.21. The molecule has 2 aliphatic heterocycles. The molecule has 0 bridgehead atoms. The van der Waals surface area contributed by atoms with Crippen molar-refractivity contribution < 1.29 is 9.47 Å². The molecule has 0 N–H and O–H groups in total. The molecule has 3 atom stereocenters. The lowest BCUT2D eigenvalue weighted by Crippen LogP contribution is -2.29. The quantitative estimate of drug-likeness (QED) is 0.762. The van der Waals surface area contributed by atoms with Gasteiger partial charge in [-0.3, -0.25) is 9.98 Å². The van der Waals surface area contributed by atoms with Gasteiger partial charge in [0.25, 0.3) is 0 Å². The maximum atomic E-state index is 6.21. The standard InChI is InChI=1S/C21H25N3O2S/c1-13(2)26-20-15(8-7-10-17(20)25-4)19-18(16-9-5-6-11-22-16)23-21-24(19)12-14(3)27-21/h5-11,13-14,18-19H,12H2,1-4H3/t14-,18+,19+/m0/s1. The van der Waals surface area contributed by atoms with E-state index in [0.717, 1.165) is 34.5 Å². The summed E-state index contributed by atoms with van der Waals surface area (Å²) in [6.07, 6.45) is 1.89. The highest BCUT2D eigenvalue weighted by Gasteiger charge is 2.45. The first-order chi connectivity index (χ1) is 13.1. The molecule has 0 unspecified atom stereocenters. The fraction of sp³-hybridized carbons (Fsp3) is 0.429. The number of benzene rings is 1. The summed E-state index contributed by atoms with van der Waals surface area (Å²) in [5, 5.41) is 1.62. The fourth-order valence-electron chi connectivity index (χ4n) is 3.74. The zero-order valence-corrected chi connectivity index (χ0v) is 16.9. The maximum absolute atomic E-state index is 6.21. The van der Waals surface area contributed by atoms with Crippen LogP contribution in [0.2, 0.25) is 0 Å². The molecular weight excluding hydrogens is 358 g/mol. The van der Waals surface area contributed by atoms with Crippen LogP contribution in [0.5, 0.6) is 11.5 Å². The Labute approximate surface area is 164 Å². The molecule has 2 aromatic rings. The largest absolute Gasteiger partial charge is 0.493 e. The lowest BCUT2D eigenvalue weighted by Gasteiger charge is -2.30. The summed E-state index contributed by atoms with van der Waals surface area (Å²) in [7, 11) is 1.69. The molecule has 0 radical (unpaired) electrons. The highest BCUT2D eigenvalue weighted by atomic mass is 32.2. The zero-order valence-electron chi connectivity index (χ0n) is 16.1. The summed E-state index contributed by atoms with van der Waals surface area (Å²) in [5.74, 6) is 1.57. The number of aliphatic imine (C=N–C) groups is 1. The zero-order chi connectivity index (χ0) is 19.0. The smallest absolute Gasteiger partial charge is 0.166 e. The van der Waals surface area contributed by atoms with Crippen LogP contribution in [0.4, 0.5) is 0 Å². The fourth-order valence-corrected chi connectivity index (χ4v) is 4.84. The van der Waals surface area contributed by atoms with Gasteiger partial charge in [-0.2, -0.15) is 0 Å². The first-order valence-corrected chi connectivity index (χ1v) is 10.2. The molecule has 27 heavy (non-hydrogen) atoms. The van der Waals surface area contributed by atoms with Crippen LogP contribution in [-0.2, 0) is 0 Å². The number of thioether (sulfide) groups is 1. The number of aromatic nitrogens is 1. The molecule has 2 aliphatic rings. The van der Waals surface area contributed by atoms with E-state index in [4.69, 9.17) is 14.5 Å². The number of nitrogens with zero attached hydrogens (tertiary/aromatic N) is 3. The van der Waals surface area contributed by atoms with Gasteiger partial charge in [0, 0.05) is 23.6 Å². The Balaban J connectivity index is 1.83. The van der Waals surface area contributed by atoms with Gasteiger partial charge in [-0.1, -0.05) is 36.9 Å². The van der Waals surface area contributed by atoms with E-state index >= 15 is 0 Å². The molecule has 1 aromatic heterocycles. The van der Waals surface area contributed by atoms with Crippen molar-refractivity contribution in [2.24, 2.45) is 4.99 Å². The number of hydrogen-bond acceptors (Lipinski definition) is 6. The van der Waals surface area contributed by atoms with Crippen LogP contribution >= 0.6 is 11.8 Å². The predicted molar refractivity (Wildman–Crippen MR) is 110 cm³/mol. The van der Waals surface area contributed by atoms with Crippen LogP contribution in [0.15, 0.2) is 47.6 Å². The minimum absolute atomic E-state index is 0.0520. The van der Waals surface area contributed by atoms with Crippen LogP contribution in [0.25, 0.3) is 0 Å². The van der Waals surface area contributed by atoms with Crippen molar-refractivity contribution in [2.75, 3.05) is 13.7 Å². The van der Waals surface area contributed by atoms with E-state index in [1.165, 1.54) is 0 Å². The van der Waals surface area contributed by atoms with Gasteiger partial charge in [-0.25, -0.2) is 0 Å². The second-order valence-corrected chi connectivity index (χ2v) is 8.59. The molecular formula is C21H25N3O2S. The van der Waals surface area contributed by atoms with E-state index in [1.807, 2.05) is 56.1 Å². The van der Waals surface area contributed by atoms with Crippen LogP contribution in [-0.4, -0.2) is 40.1 Å². The van der Waals surface area contributed by atoms with E-state index in [2.05, 4.69) is 28.9 Å². The van der Waals surface area contributed by atoms with Gasteiger partial charge in [0.2, 0.25) is 0 Å². The van der Waals surface area contributed by atoms with Crippen molar-refractivity contribution >= 4 is 16.9 Å². The summed E-state index contributed by atoms with van der Waals surface area (Å²) in [6, 6.07) is 12.1. The topological polar surface area (TPSA) is 47.0 Å². The molecule has 3 heterocycles. The number of ether oxygens (including phenoxy) is 2. The van der Waals surface area contributed by atoms with Gasteiger partial charge in [-0.05, 0) is 32.0 Å². The first kappa shape index (κ1) is 18.2. The number of rotatable bonds is 5. The van der Waals surface area contributed by atoms with Crippen LogP contribution in [0.1, 0.15) is 44.1 Å². The van der Waals surface area contributed by atoms with E-state index in [9.17, 15) is 0 Å². The third-order valence-electron chi connectivity index (χ3n) is 4.78. The van der Waals surface area contributed by atoms with E-state index in [1.54, 1.807) is 7.11 Å². The molecule has 0 saturated carbocycles. The number of pyridine rings is 1. The summed E-state index contributed by atoms with van der Waals surface area (Å²) < 4.78 is 11.8. The van der Waals surface area contributed by atoms with Crippen molar-refractivity contribution in [3.05, 3.63) is 53.9 Å². The van der Waals surface area contributed by atoms with Gasteiger partial charge in [0.1, 0.15) is 6.04 Å². The molecule has 1 saturated heterocycles. The maximum Gasteiger partial charge on any atom is 0.166 e. The minimum atomic E-state index is -0.0529. The average molecular weight is 384 g/mol.